The van der Waals surface area contributed by atoms with Crippen LogP contribution in [-0.4, -0.2) is 19.5 Å². The maximum atomic E-state index is 13.5. The molecule has 0 aliphatic heterocycles. The van der Waals surface area contributed by atoms with Gasteiger partial charge in [0.15, 0.2) is 5.16 Å². The molecule has 0 bridgehead atoms. The molecule has 0 saturated heterocycles. The van der Waals surface area contributed by atoms with Crippen molar-refractivity contribution in [2.75, 3.05) is 0 Å². The first kappa shape index (κ1) is 22.1. The Labute approximate surface area is 200 Å². The van der Waals surface area contributed by atoms with E-state index in [-0.39, 0.29) is 11.1 Å². The van der Waals surface area contributed by atoms with E-state index in [1.165, 1.54) is 17.3 Å². The number of rotatable bonds is 7. The molecule has 2 heterocycles. The number of unbranched alkanes of at least 4 members (excludes halogenated alkanes) is 1. The molecule has 1 N–H and O–H groups in total. The molecule has 5 aromatic rings. The minimum atomic E-state index is -0.173. The summed E-state index contributed by atoms with van der Waals surface area (Å²) in [6, 6.07) is 22.7. The van der Waals surface area contributed by atoms with E-state index in [0.29, 0.717) is 38.5 Å². The average molecular weight is 469 g/mol. The normalized spacial score (nSPS) is 11.3. The number of aryl methyl sites for hydroxylation is 1. The Kier molecular flexibility index (Phi) is 6.27. The highest BCUT2D eigenvalue weighted by atomic mass is 32.2. The Morgan fingerprint density at radius 2 is 1.53 bits per heavy atom. The number of fused-ring (bicyclic) bond motifs is 2. The fraction of sp³-hybridized carbons (Fsp3) is 0.185. The van der Waals surface area contributed by atoms with Crippen molar-refractivity contribution in [1.29, 1.82) is 0 Å². The fourth-order valence-electron chi connectivity index (χ4n) is 3.97. The number of thioether (sulfide) groups is 1. The van der Waals surface area contributed by atoms with Crippen molar-refractivity contribution in [1.82, 2.24) is 19.5 Å². The minimum Gasteiger partial charge on any atom is -0.309 e. The number of aromatic amines is 1. The van der Waals surface area contributed by atoms with Crippen molar-refractivity contribution in [2.45, 2.75) is 37.1 Å². The van der Waals surface area contributed by atoms with Gasteiger partial charge in [0, 0.05) is 0 Å². The van der Waals surface area contributed by atoms with Gasteiger partial charge in [-0.25, -0.2) is 9.97 Å². The van der Waals surface area contributed by atoms with E-state index in [2.05, 4.69) is 29.0 Å². The summed E-state index contributed by atoms with van der Waals surface area (Å²) in [7, 11) is 0. The summed E-state index contributed by atoms with van der Waals surface area (Å²) in [5, 5.41) is 1.68. The molecule has 0 atom stereocenters. The van der Waals surface area contributed by atoms with Crippen molar-refractivity contribution in [3.05, 3.63) is 105 Å². The predicted molar refractivity (Wildman–Crippen MR) is 138 cm³/mol. The van der Waals surface area contributed by atoms with Gasteiger partial charge < -0.3 is 4.98 Å². The van der Waals surface area contributed by atoms with Crippen LogP contribution < -0.4 is 11.1 Å². The highest BCUT2D eigenvalue weighted by Crippen LogP contribution is 2.24. The molecule has 2 aromatic heterocycles. The van der Waals surface area contributed by atoms with Gasteiger partial charge in [-0.05, 0) is 54.8 Å². The molecule has 0 unspecified atom stereocenters. The Balaban J connectivity index is 1.55. The van der Waals surface area contributed by atoms with E-state index in [9.17, 15) is 9.59 Å². The van der Waals surface area contributed by atoms with Crippen LogP contribution in [0.4, 0.5) is 0 Å². The second kappa shape index (κ2) is 9.65. The quantitative estimate of drug-likeness (QED) is 0.260. The van der Waals surface area contributed by atoms with Gasteiger partial charge in [0.1, 0.15) is 5.82 Å². The van der Waals surface area contributed by atoms with Crippen molar-refractivity contribution in [2.24, 2.45) is 0 Å². The molecule has 0 aliphatic carbocycles. The molecule has 5 rings (SSSR count). The highest BCUT2D eigenvalue weighted by molar-refractivity contribution is 7.98. The van der Waals surface area contributed by atoms with Crippen LogP contribution in [0.25, 0.3) is 27.5 Å². The van der Waals surface area contributed by atoms with E-state index < -0.39 is 0 Å². The Morgan fingerprint density at radius 3 is 2.26 bits per heavy atom. The van der Waals surface area contributed by atoms with Crippen LogP contribution in [0.15, 0.2) is 87.5 Å². The molecule has 0 aliphatic rings. The third kappa shape index (κ3) is 4.39. The first-order valence-electron chi connectivity index (χ1n) is 11.4. The summed E-state index contributed by atoms with van der Waals surface area (Å²) in [5.41, 5.74) is 3.02. The fourth-order valence-corrected chi connectivity index (χ4v) is 4.85. The van der Waals surface area contributed by atoms with Crippen LogP contribution in [0, 0.1) is 0 Å². The lowest BCUT2D eigenvalue weighted by molar-refractivity contribution is 0.791. The van der Waals surface area contributed by atoms with Crippen molar-refractivity contribution in [3.8, 4) is 5.69 Å². The molecule has 34 heavy (non-hydrogen) atoms. The van der Waals surface area contributed by atoms with Gasteiger partial charge >= 0.3 is 0 Å². The summed E-state index contributed by atoms with van der Waals surface area (Å²) in [5.74, 6) is 0.914. The van der Waals surface area contributed by atoms with Crippen LogP contribution in [0.1, 0.15) is 31.2 Å². The Morgan fingerprint density at radius 1 is 0.853 bits per heavy atom. The second-order valence-corrected chi connectivity index (χ2v) is 9.08. The Hall–Kier alpha value is -3.71. The van der Waals surface area contributed by atoms with E-state index in [1.807, 2.05) is 48.5 Å². The van der Waals surface area contributed by atoms with Crippen LogP contribution in [0.3, 0.4) is 0 Å². The molecule has 0 amide bonds. The second-order valence-electron chi connectivity index (χ2n) is 8.14. The van der Waals surface area contributed by atoms with Gasteiger partial charge in [-0.2, -0.15) is 0 Å². The number of aromatic nitrogens is 4. The zero-order chi connectivity index (χ0) is 23.5. The summed E-state index contributed by atoms with van der Waals surface area (Å²) in [6.07, 6.45) is 3.29. The van der Waals surface area contributed by atoms with Gasteiger partial charge in [-0.1, -0.05) is 61.5 Å². The molecule has 3 aromatic carbocycles. The first-order valence-corrected chi connectivity index (χ1v) is 12.3. The number of nitrogens with zero attached hydrogens (tertiary/aromatic N) is 3. The van der Waals surface area contributed by atoms with Gasteiger partial charge in [0.25, 0.3) is 11.1 Å². The first-order chi connectivity index (χ1) is 16.6. The average Bonchev–Trinajstić information content (AvgIpc) is 2.87. The monoisotopic (exact) mass is 468 g/mol. The number of nitrogens with one attached hydrogen (secondary N) is 1. The van der Waals surface area contributed by atoms with Gasteiger partial charge in [-0.15, -0.1) is 0 Å². The molecule has 0 saturated carbocycles. The zero-order valence-corrected chi connectivity index (χ0v) is 19.6. The lowest BCUT2D eigenvalue weighted by Crippen LogP contribution is -2.22. The molecular formula is C27H24N4O2S. The summed E-state index contributed by atoms with van der Waals surface area (Å²) in [4.78, 5) is 38.2. The lowest BCUT2D eigenvalue weighted by Gasteiger charge is -2.14. The zero-order valence-electron chi connectivity index (χ0n) is 18.8. The van der Waals surface area contributed by atoms with Crippen LogP contribution in [0.2, 0.25) is 0 Å². The van der Waals surface area contributed by atoms with Crippen molar-refractivity contribution >= 4 is 33.6 Å². The standard InChI is InChI=1S/C27H24N4O2S/c1-2-3-8-18-13-15-19(16-14-18)31-26(33)21-10-5-7-12-23(21)29-27(31)34-17-24-28-22-11-6-4-9-20(22)25(32)30-24/h4-7,9-16H,2-3,8,17H2,1H3,(H,28,30,32). The maximum absolute atomic E-state index is 13.5. The van der Waals surface area contributed by atoms with Gasteiger partial charge in [0.2, 0.25) is 0 Å². The molecule has 170 valence electrons. The minimum absolute atomic E-state index is 0.116. The highest BCUT2D eigenvalue weighted by Gasteiger charge is 2.14. The predicted octanol–water partition coefficient (Wildman–Crippen LogP) is 5.26. The van der Waals surface area contributed by atoms with Gasteiger partial charge in [-0.3, -0.25) is 14.2 Å². The number of H-pyrrole nitrogens is 1. The summed E-state index contributed by atoms with van der Waals surface area (Å²) >= 11 is 1.38. The molecule has 0 spiro atoms. The largest absolute Gasteiger partial charge is 0.309 e. The molecule has 0 fully saturated rings. The van der Waals surface area contributed by atoms with E-state index >= 15 is 0 Å². The maximum Gasteiger partial charge on any atom is 0.266 e. The number of hydrogen-bond donors (Lipinski definition) is 1. The Bertz CT molecular complexity index is 1590. The smallest absolute Gasteiger partial charge is 0.266 e. The number of benzene rings is 3. The van der Waals surface area contributed by atoms with Crippen LogP contribution in [-0.2, 0) is 12.2 Å². The lowest BCUT2D eigenvalue weighted by atomic mass is 10.1. The van der Waals surface area contributed by atoms with E-state index in [0.717, 1.165) is 24.9 Å². The summed E-state index contributed by atoms with van der Waals surface area (Å²) in [6.45, 7) is 2.18. The van der Waals surface area contributed by atoms with Crippen LogP contribution >= 0.6 is 11.8 Å². The summed E-state index contributed by atoms with van der Waals surface area (Å²) < 4.78 is 1.65. The molecule has 6 nitrogen and oxygen atoms in total. The van der Waals surface area contributed by atoms with Crippen LogP contribution in [0.5, 0.6) is 0 Å². The van der Waals surface area contributed by atoms with Crippen molar-refractivity contribution in [3.63, 3.8) is 0 Å². The third-order valence-corrected chi connectivity index (χ3v) is 6.71. The van der Waals surface area contributed by atoms with E-state index in [4.69, 9.17) is 4.98 Å². The van der Waals surface area contributed by atoms with E-state index in [1.54, 1.807) is 16.7 Å². The topological polar surface area (TPSA) is 80.6 Å². The number of para-hydroxylation sites is 2. The molecule has 0 radical (unpaired) electrons. The van der Waals surface area contributed by atoms with Gasteiger partial charge in [0.05, 0.1) is 33.2 Å². The van der Waals surface area contributed by atoms with Crippen molar-refractivity contribution < 1.29 is 0 Å². The molecule has 7 heteroatoms. The number of hydrogen-bond acceptors (Lipinski definition) is 5. The third-order valence-electron chi connectivity index (χ3n) is 5.76. The SMILES string of the molecule is CCCCc1ccc(-n2c(SCc3nc4ccccc4c(=O)[nH]3)nc3ccccc3c2=O)cc1. The molecular weight excluding hydrogens is 444 g/mol.